The molecule has 1 aromatic rings. The normalized spacial score (nSPS) is 13.8. The van der Waals surface area contributed by atoms with E-state index in [1.54, 1.807) is 7.11 Å². The van der Waals surface area contributed by atoms with Gasteiger partial charge in [-0.3, -0.25) is 4.79 Å². The maximum atomic E-state index is 11.8. The minimum absolute atomic E-state index is 0.0300. The van der Waals surface area contributed by atoms with E-state index in [4.69, 9.17) is 10.5 Å². The predicted molar refractivity (Wildman–Crippen MR) is 72.4 cm³/mol. The van der Waals surface area contributed by atoms with Crippen molar-refractivity contribution < 1.29 is 9.53 Å². The van der Waals surface area contributed by atoms with E-state index in [0.29, 0.717) is 13.0 Å². The van der Waals surface area contributed by atoms with Crippen LogP contribution >= 0.6 is 0 Å². The van der Waals surface area contributed by atoms with Crippen LogP contribution in [0.4, 0.5) is 0 Å². The molecule has 0 bridgehead atoms. The molecule has 4 nitrogen and oxygen atoms in total. The Bertz CT molecular complexity index is 393. The van der Waals surface area contributed by atoms with E-state index in [0.717, 1.165) is 11.3 Å². The lowest BCUT2D eigenvalue weighted by atomic mass is 10.1. The maximum Gasteiger partial charge on any atom is 0.220 e. The molecule has 1 aromatic carbocycles. The molecule has 1 rings (SSSR count). The minimum atomic E-state index is -0.0300. The van der Waals surface area contributed by atoms with Gasteiger partial charge in [-0.15, -0.1) is 0 Å². The topological polar surface area (TPSA) is 64.3 Å². The van der Waals surface area contributed by atoms with Crippen molar-refractivity contribution in [2.24, 2.45) is 11.7 Å². The molecule has 0 fully saturated rings. The molecule has 0 aliphatic carbocycles. The number of benzene rings is 1. The first-order valence-corrected chi connectivity index (χ1v) is 6.20. The summed E-state index contributed by atoms with van der Waals surface area (Å²) >= 11 is 0. The second-order valence-electron chi connectivity index (χ2n) is 4.61. The summed E-state index contributed by atoms with van der Waals surface area (Å²) < 4.78 is 5.16. The van der Waals surface area contributed by atoms with Crippen molar-refractivity contribution in [2.75, 3.05) is 13.7 Å². The Kier molecular flexibility index (Phi) is 5.65. The van der Waals surface area contributed by atoms with Crippen LogP contribution in [0.2, 0.25) is 0 Å². The molecule has 0 aliphatic heterocycles. The first-order valence-electron chi connectivity index (χ1n) is 6.20. The Labute approximate surface area is 109 Å². The zero-order valence-electron chi connectivity index (χ0n) is 11.3. The van der Waals surface area contributed by atoms with Crippen LogP contribution in [0.25, 0.3) is 0 Å². The largest absolute Gasteiger partial charge is 0.497 e. The molecule has 0 radical (unpaired) electrons. The highest BCUT2D eigenvalue weighted by Gasteiger charge is 2.12. The van der Waals surface area contributed by atoms with Gasteiger partial charge in [0.2, 0.25) is 5.91 Å². The number of hydrogen-bond donors (Lipinski definition) is 2. The van der Waals surface area contributed by atoms with Crippen LogP contribution < -0.4 is 15.8 Å². The van der Waals surface area contributed by atoms with Crippen molar-refractivity contribution in [1.29, 1.82) is 0 Å². The molecule has 2 atom stereocenters. The average molecular weight is 250 g/mol. The molecule has 3 N–H and O–H groups in total. The summed E-state index contributed by atoms with van der Waals surface area (Å²) in [6, 6.07) is 7.67. The van der Waals surface area contributed by atoms with Crippen molar-refractivity contribution in [3.8, 4) is 5.75 Å². The number of nitrogens with one attached hydrogen (secondary N) is 1. The SMILES string of the molecule is COc1cccc([C@@H](C)NC(=O)CC(C)CN)c1. The fourth-order valence-electron chi connectivity index (χ4n) is 1.69. The van der Waals surface area contributed by atoms with Gasteiger partial charge in [-0.25, -0.2) is 0 Å². The van der Waals surface area contributed by atoms with Crippen molar-refractivity contribution in [3.63, 3.8) is 0 Å². The highest BCUT2D eigenvalue weighted by Crippen LogP contribution is 2.18. The lowest BCUT2D eigenvalue weighted by Gasteiger charge is -2.16. The Morgan fingerprint density at radius 1 is 1.44 bits per heavy atom. The van der Waals surface area contributed by atoms with Gasteiger partial charge >= 0.3 is 0 Å². The van der Waals surface area contributed by atoms with Gasteiger partial charge in [-0.1, -0.05) is 19.1 Å². The Morgan fingerprint density at radius 3 is 2.78 bits per heavy atom. The summed E-state index contributed by atoms with van der Waals surface area (Å²) in [4.78, 5) is 11.8. The summed E-state index contributed by atoms with van der Waals surface area (Å²) in [7, 11) is 1.63. The molecule has 0 heterocycles. The zero-order valence-corrected chi connectivity index (χ0v) is 11.3. The van der Waals surface area contributed by atoms with E-state index < -0.39 is 0 Å². The maximum absolute atomic E-state index is 11.8. The molecule has 1 amide bonds. The van der Waals surface area contributed by atoms with Gasteiger partial charge in [-0.2, -0.15) is 0 Å². The fourth-order valence-corrected chi connectivity index (χ4v) is 1.69. The van der Waals surface area contributed by atoms with E-state index in [-0.39, 0.29) is 17.9 Å². The van der Waals surface area contributed by atoms with Crippen molar-refractivity contribution >= 4 is 5.91 Å². The molecule has 0 aliphatic rings. The number of ether oxygens (including phenoxy) is 1. The summed E-state index contributed by atoms with van der Waals surface area (Å²) in [6.07, 6.45) is 0.463. The Hall–Kier alpha value is -1.55. The lowest BCUT2D eigenvalue weighted by Crippen LogP contribution is -2.29. The molecular weight excluding hydrogens is 228 g/mol. The van der Waals surface area contributed by atoms with Crippen molar-refractivity contribution in [1.82, 2.24) is 5.32 Å². The van der Waals surface area contributed by atoms with Gasteiger partial charge in [-0.05, 0) is 37.1 Å². The molecule has 0 aromatic heterocycles. The number of amides is 1. The molecule has 4 heteroatoms. The van der Waals surface area contributed by atoms with Gasteiger partial charge in [0, 0.05) is 6.42 Å². The van der Waals surface area contributed by atoms with Crippen LogP contribution in [-0.2, 0) is 4.79 Å². The summed E-state index contributed by atoms with van der Waals surface area (Å²) in [5.41, 5.74) is 6.53. The van der Waals surface area contributed by atoms with Crippen molar-refractivity contribution in [3.05, 3.63) is 29.8 Å². The molecule has 0 spiro atoms. The summed E-state index contributed by atoms with van der Waals surface area (Å²) in [6.45, 7) is 4.45. The molecule has 18 heavy (non-hydrogen) atoms. The second kappa shape index (κ2) is 7.01. The van der Waals surface area contributed by atoms with Crippen LogP contribution in [0.3, 0.4) is 0 Å². The third-order valence-corrected chi connectivity index (χ3v) is 2.91. The lowest BCUT2D eigenvalue weighted by molar-refractivity contribution is -0.122. The zero-order chi connectivity index (χ0) is 13.5. The van der Waals surface area contributed by atoms with Gasteiger partial charge in [0.25, 0.3) is 0 Å². The van der Waals surface area contributed by atoms with Gasteiger partial charge in [0.1, 0.15) is 5.75 Å². The molecule has 1 unspecified atom stereocenters. The first-order chi connectivity index (χ1) is 8.56. The molecule has 0 saturated carbocycles. The van der Waals surface area contributed by atoms with Gasteiger partial charge in [0.05, 0.1) is 13.2 Å². The van der Waals surface area contributed by atoms with Crippen LogP contribution in [0.5, 0.6) is 5.75 Å². The number of rotatable bonds is 6. The molecule has 100 valence electrons. The standard InChI is InChI=1S/C14H22N2O2/c1-10(9-15)7-14(17)16-11(2)12-5-4-6-13(8-12)18-3/h4-6,8,10-11H,7,9,15H2,1-3H3,(H,16,17)/t10?,11-/m1/s1. The van der Waals surface area contributed by atoms with Crippen LogP contribution in [0.15, 0.2) is 24.3 Å². The van der Waals surface area contributed by atoms with E-state index in [2.05, 4.69) is 5.32 Å². The average Bonchev–Trinajstić information content (AvgIpc) is 2.38. The van der Waals surface area contributed by atoms with Crippen LogP contribution in [-0.4, -0.2) is 19.6 Å². The second-order valence-corrected chi connectivity index (χ2v) is 4.61. The highest BCUT2D eigenvalue weighted by molar-refractivity contribution is 5.76. The Morgan fingerprint density at radius 2 is 2.17 bits per heavy atom. The smallest absolute Gasteiger partial charge is 0.220 e. The van der Waals surface area contributed by atoms with E-state index in [1.165, 1.54) is 0 Å². The van der Waals surface area contributed by atoms with Crippen molar-refractivity contribution in [2.45, 2.75) is 26.3 Å². The fraction of sp³-hybridized carbons (Fsp3) is 0.500. The van der Waals surface area contributed by atoms with Gasteiger partial charge < -0.3 is 15.8 Å². The van der Waals surface area contributed by atoms with E-state index in [1.807, 2.05) is 38.1 Å². The van der Waals surface area contributed by atoms with E-state index >= 15 is 0 Å². The monoisotopic (exact) mass is 250 g/mol. The number of nitrogens with two attached hydrogens (primary N) is 1. The quantitative estimate of drug-likeness (QED) is 0.810. The predicted octanol–water partition coefficient (Wildman–Crippen LogP) is 1.86. The van der Waals surface area contributed by atoms with Crippen LogP contribution in [0.1, 0.15) is 31.9 Å². The summed E-state index contributed by atoms with van der Waals surface area (Å²) in [5, 5.41) is 2.96. The number of hydrogen-bond acceptors (Lipinski definition) is 3. The van der Waals surface area contributed by atoms with Gasteiger partial charge in [0.15, 0.2) is 0 Å². The minimum Gasteiger partial charge on any atom is -0.497 e. The molecule has 0 saturated heterocycles. The number of methoxy groups -OCH3 is 1. The third-order valence-electron chi connectivity index (χ3n) is 2.91. The van der Waals surface area contributed by atoms with Crippen LogP contribution in [0, 0.1) is 5.92 Å². The number of carbonyl (C=O) groups is 1. The first kappa shape index (κ1) is 14.5. The third kappa shape index (κ3) is 4.37. The number of carbonyl (C=O) groups excluding carboxylic acids is 1. The summed E-state index contributed by atoms with van der Waals surface area (Å²) in [5.74, 6) is 1.04. The van der Waals surface area contributed by atoms with E-state index in [9.17, 15) is 4.79 Å². The molecular formula is C14H22N2O2. The highest BCUT2D eigenvalue weighted by atomic mass is 16.5. The Balaban J connectivity index is 2.58.